The van der Waals surface area contributed by atoms with Crippen LogP contribution in [0.3, 0.4) is 0 Å². The summed E-state index contributed by atoms with van der Waals surface area (Å²) in [6, 6.07) is 23.2. The molecule has 3 aromatic carbocycles. The first-order chi connectivity index (χ1) is 19.3. The highest BCUT2D eigenvalue weighted by Crippen LogP contribution is 2.20. The van der Waals surface area contributed by atoms with Crippen molar-refractivity contribution < 1.29 is 27.4 Å². The summed E-state index contributed by atoms with van der Waals surface area (Å²) in [6.45, 7) is 0.533. The lowest BCUT2D eigenvalue weighted by atomic mass is 10.2. The number of thiocarbonyl (C=S) groups is 1. The van der Waals surface area contributed by atoms with E-state index in [1.807, 2.05) is 30.3 Å². The van der Waals surface area contributed by atoms with Crippen molar-refractivity contribution >= 4 is 44.8 Å². The molecule has 40 heavy (non-hydrogen) atoms. The number of amides is 1. The number of sulfonamides is 1. The lowest BCUT2D eigenvalue weighted by Gasteiger charge is -2.14. The quantitative estimate of drug-likeness (QED) is 0.177. The van der Waals surface area contributed by atoms with E-state index in [1.165, 1.54) is 43.8 Å². The summed E-state index contributed by atoms with van der Waals surface area (Å²) < 4.78 is 44.1. The topological polar surface area (TPSA) is 141 Å². The van der Waals surface area contributed by atoms with Gasteiger partial charge in [-0.15, -0.1) is 0 Å². The van der Waals surface area contributed by atoms with E-state index < -0.39 is 15.9 Å². The van der Waals surface area contributed by atoms with E-state index in [-0.39, 0.29) is 28.3 Å². The molecule has 0 aliphatic heterocycles. The number of carbonyl (C=O) groups is 1. The fourth-order valence-corrected chi connectivity index (χ4v) is 4.57. The molecule has 0 atom stereocenters. The number of anilines is 2. The van der Waals surface area contributed by atoms with Crippen LogP contribution in [0.1, 0.15) is 10.4 Å². The van der Waals surface area contributed by atoms with Crippen LogP contribution < -0.4 is 29.6 Å². The van der Waals surface area contributed by atoms with Crippen LogP contribution in [0.15, 0.2) is 96.2 Å². The molecule has 0 aliphatic rings. The molecule has 0 fully saturated rings. The predicted molar refractivity (Wildman–Crippen MR) is 153 cm³/mol. The van der Waals surface area contributed by atoms with Crippen molar-refractivity contribution in [1.82, 2.24) is 15.3 Å². The number of nitrogens with one attached hydrogen (secondary N) is 3. The SMILES string of the molecule is COc1cc(NS(=O)(=O)c2ccc(NC(=S)NC(=O)c3ccccc3OCCOc3ccccc3)cc2)ncn1. The maximum Gasteiger partial charge on any atom is 0.263 e. The van der Waals surface area contributed by atoms with Crippen molar-refractivity contribution in [2.24, 2.45) is 0 Å². The minimum Gasteiger partial charge on any atom is -0.490 e. The summed E-state index contributed by atoms with van der Waals surface area (Å²) in [6.07, 6.45) is 1.18. The zero-order valence-electron chi connectivity index (χ0n) is 21.2. The number of methoxy groups -OCH3 is 1. The third-order valence-electron chi connectivity index (χ3n) is 5.22. The molecule has 206 valence electrons. The third-order valence-corrected chi connectivity index (χ3v) is 6.80. The van der Waals surface area contributed by atoms with Gasteiger partial charge in [0.05, 0.1) is 17.6 Å². The molecular formula is C27H25N5O6S2. The summed E-state index contributed by atoms with van der Waals surface area (Å²) in [7, 11) is -2.51. The van der Waals surface area contributed by atoms with Crippen LogP contribution in [0.2, 0.25) is 0 Å². The van der Waals surface area contributed by atoms with E-state index in [0.717, 1.165) is 5.75 Å². The fourth-order valence-electron chi connectivity index (χ4n) is 3.36. The Morgan fingerprint density at radius 3 is 2.35 bits per heavy atom. The van der Waals surface area contributed by atoms with Crippen LogP contribution in [-0.2, 0) is 10.0 Å². The number of aromatic nitrogens is 2. The van der Waals surface area contributed by atoms with Crippen molar-refractivity contribution in [2.45, 2.75) is 4.90 Å². The Labute approximate surface area is 236 Å². The Morgan fingerprint density at radius 1 is 0.900 bits per heavy atom. The minimum atomic E-state index is -3.92. The lowest BCUT2D eigenvalue weighted by Crippen LogP contribution is -2.34. The normalized spacial score (nSPS) is 10.7. The molecule has 11 nitrogen and oxygen atoms in total. The van der Waals surface area contributed by atoms with Crippen LogP contribution in [0.25, 0.3) is 0 Å². The van der Waals surface area contributed by atoms with Gasteiger partial charge in [-0.3, -0.25) is 14.8 Å². The van der Waals surface area contributed by atoms with Crippen molar-refractivity contribution in [1.29, 1.82) is 0 Å². The number of ether oxygens (including phenoxy) is 3. The Balaban J connectivity index is 1.31. The Morgan fingerprint density at radius 2 is 1.60 bits per heavy atom. The van der Waals surface area contributed by atoms with Crippen molar-refractivity contribution in [3.63, 3.8) is 0 Å². The van der Waals surface area contributed by atoms with Gasteiger partial charge in [-0.25, -0.2) is 18.4 Å². The monoisotopic (exact) mass is 579 g/mol. The molecule has 0 saturated heterocycles. The molecule has 4 rings (SSSR count). The highest BCUT2D eigenvalue weighted by molar-refractivity contribution is 7.92. The lowest BCUT2D eigenvalue weighted by molar-refractivity contribution is 0.0972. The summed E-state index contributed by atoms with van der Waals surface area (Å²) in [4.78, 5) is 20.6. The molecule has 3 N–H and O–H groups in total. The zero-order valence-corrected chi connectivity index (χ0v) is 22.9. The van der Waals surface area contributed by atoms with E-state index in [9.17, 15) is 13.2 Å². The highest BCUT2D eigenvalue weighted by atomic mass is 32.2. The first kappa shape index (κ1) is 28.3. The van der Waals surface area contributed by atoms with E-state index in [1.54, 1.807) is 24.3 Å². The standard InChI is InChI=1S/C27H25N5O6S2/c1-36-25-17-24(28-18-29-25)32-40(34,35)21-13-11-19(12-14-21)30-27(39)31-26(33)22-9-5-6-10-23(22)38-16-15-37-20-7-3-2-4-8-20/h2-14,17-18H,15-16H2,1H3,(H,28,29,32)(H2,30,31,33,39). The number of hydrogen-bond donors (Lipinski definition) is 3. The van der Waals surface area contributed by atoms with Gasteiger partial charge in [-0.05, 0) is 60.7 Å². The summed E-state index contributed by atoms with van der Waals surface area (Å²) >= 11 is 5.27. The first-order valence-electron chi connectivity index (χ1n) is 11.8. The molecule has 13 heteroatoms. The van der Waals surface area contributed by atoms with Gasteiger partial charge < -0.3 is 19.5 Å². The van der Waals surface area contributed by atoms with Gasteiger partial charge in [0.2, 0.25) is 5.88 Å². The molecule has 0 bridgehead atoms. The molecule has 1 aromatic heterocycles. The van der Waals surface area contributed by atoms with Crippen molar-refractivity contribution in [3.8, 4) is 17.4 Å². The minimum absolute atomic E-state index is 0.00657. The predicted octanol–water partition coefficient (Wildman–Crippen LogP) is 3.87. The molecule has 0 saturated carbocycles. The first-order valence-corrected chi connectivity index (χ1v) is 13.7. The second-order valence-corrected chi connectivity index (χ2v) is 10.1. The number of hydrogen-bond acceptors (Lipinski definition) is 9. The number of nitrogens with zero attached hydrogens (tertiary/aromatic N) is 2. The highest BCUT2D eigenvalue weighted by Gasteiger charge is 2.17. The maximum atomic E-state index is 12.9. The van der Waals surface area contributed by atoms with Gasteiger partial charge in [0.25, 0.3) is 15.9 Å². The second-order valence-electron chi connectivity index (χ2n) is 7.99. The molecule has 4 aromatic rings. The van der Waals surface area contributed by atoms with Gasteiger partial charge in [-0.1, -0.05) is 30.3 Å². The smallest absolute Gasteiger partial charge is 0.263 e. The summed E-state index contributed by atoms with van der Waals surface area (Å²) in [5.74, 6) is 0.908. The zero-order chi connectivity index (χ0) is 28.4. The average molecular weight is 580 g/mol. The Hall–Kier alpha value is -4.75. The van der Waals surface area contributed by atoms with Crippen molar-refractivity contribution in [2.75, 3.05) is 30.4 Å². The molecule has 1 heterocycles. The summed E-state index contributed by atoms with van der Waals surface area (Å²) in [5, 5.41) is 5.49. The van der Waals surface area contributed by atoms with Gasteiger partial charge in [-0.2, -0.15) is 0 Å². The van der Waals surface area contributed by atoms with Gasteiger partial charge in [0.15, 0.2) is 5.11 Å². The van der Waals surface area contributed by atoms with Crippen LogP contribution in [0, 0.1) is 0 Å². The van der Waals surface area contributed by atoms with Crippen LogP contribution >= 0.6 is 12.2 Å². The van der Waals surface area contributed by atoms with E-state index >= 15 is 0 Å². The number of carbonyl (C=O) groups excluding carboxylic acids is 1. The molecule has 0 aliphatic carbocycles. The fraction of sp³-hybridized carbons (Fsp3) is 0.111. The molecule has 1 amide bonds. The number of rotatable bonds is 11. The van der Waals surface area contributed by atoms with E-state index in [2.05, 4.69) is 25.3 Å². The van der Waals surface area contributed by atoms with E-state index in [0.29, 0.717) is 23.6 Å². The number of para-hydroxylation sites is 2. The van der Waals surface area contributed by atoms with Gasteiger partial charge >= 0.3 is 0 Å². The molecule has 0 radical (unpaired) electrons. The second kappa shape index (κ2) is 13.4. The Bertz CT molecular complexity index is 1570. The van der Waals surface area contributed by atoms with E-state index in [4.69, 9.17) is 26.4 Å². The van der Waals surface area contributed by atoms with Crippen molar-refractivity contribution in [3.05, 3.63) is 96.8 Å². The van der Waals surface area contributed by atoms with Gasteiger partial charge in [0, 0.05) is 11.8 Å². The third kappa shape index (κ3) is 7.88. The molecule has 0 spiro atoms. The largest absolute Gasteiger partial charge is 0.490 e. The number of benzene rings is 3. The summed E-state index contributed by atoms with van der Waals surface area (Å²) in [5.41, 5.74) is 0.760. The van der Waals surface area contributed by atoms with Crippen LogP contribution in [0.5, 0.6) is 17.4 Å². The molecular weight excluding hydrogens is 554 g/mol. The molecule has 0 unspecified atom stereocenters. The van der Waals surface area contributed by atoms with Crippen LogP contribution in [-0.4, -0.2) is 49.7 Å². The van der Waals surface area contributed by atoms with Gasteiger partial charge in [0.1, 0.15) is 36.9 Å². The average Bonchev–Trinajstić information content (AvgIpc) is 2.96. The Kier molecular flexibility index (Phi) is 9.44. The maximum absolute atomic E-state index is 12.9. The van der Waals surface area contributed by atoms with Crippen LogP contribution in [0.4, 0.5) is 11.5 Å².